The van der Waals surface area contributed by atoms with Crippen LogP contribution in [-0.4, -0.2) is 42.0 Å². The maximum Gasteiger partial charge on any atom is 0.331 e. The fraction of sp³-hybridized carbons (Fsp3) is 0.750. The van der Waals surface area contributed by atoms with E-state index in [0.29, 0.717) is 19.6 Å². The van der Waals surface area contributed by atoms with Gasteiger partial charge >= 0.3 is 6.03 Å². The number of barbiturate groups is 1. The number of carbonyl (C=O) groups excluding carboxylic acids is 3. The van der Waals surface area contributed by atoms with E-state index in [1.165, 1.54) is 4.90 Å². The van der Waals surface area contributed by atoms with Crippen LogP contribution in [0.4, 0.5) is 4.79 Å². The molecule has 0 bridgehead atoms. The first-order valence-corrected chi connectivity index (χ1v) is 6.32. The van der Waals surface area contributed by atoms with Crippen LogP contribution in [-0.2, 0) is 14.3 Å². The Morgan fingerprint density at radius 1 is 1.44 bits per heavy atom. The molecule has 4 amide bonds. The summed E-state index contributed by atoms with van der Waals surface area (Å²) in [5, 5.41) is 2.25. The minimum Gasteiger partial charge on any atom is -0.381 e. The van der Waals surface area contributed by atoms with E-state index in [1.807, 2.05) is 6.92 Å². The van der Waals surface area contributed by atoms with Crippen LogP contribution >= 0.6 is 0 Å². The van der Waals surface area contributed by atoms with Crippen molar-refractivity contribution in [3.05, 3.63) is 0 Å². The van der Waals surface area contributed by atoms with Gasteiger partial charge in [-0.05, 0) is 19.8 Å². The molecule has 2 aliphatic heterocycles. The second-order valence-corrected chi connectivity index (χ2v) is 4.83. The number of rotatable bonds is 3. The molecule has 3 atom stereocenters. The van der Waals surface area contributed by atoms with Crippen molar-refractivity contribution in [2.45, 2.75) is 32.7 Å². The molecule has 0 aromatic carbocycles. The number of nitrogens with zero attached hydrogens (tertiary/aromatic N) is 1. The summed E-state index contributed by atoms with van der Waals surface area (Å²) < 4.78 is 5.28. The Hall–Kier alpha value is -1.43. The molecule has 2 heterocycles. The van der Waals surface area contributed by atoms with Crippen molar-refractivity contribution >= 4 is 17.8 Å². The number of urea groups is 1. The number of amides is 4. The van der Waals surface area contributed by atoms with Crippen molar-refractivity contribution in [2.75, 3.05) is 13.2 Å². The van der Waals surface area contributed by atoms with Gasteiger partial charge in [-0.25, -0.2) is 4.79 Å². The third-order valence-corrected chi connectivity index (χ3v) is 3.76. The highest BCUT2D eigenvalue weighted by atomic mass is 16.5. The molecule has 6 heteroatoms. The number of imide groups is 2. The molecule has 0 aromatic rings. The van der Waals surface area contributed by atoms with E-state index in [0.717, 1.165) is 6.42 Å². The SMILES string of the molecule is CCC1C(=O)NC(=O)N(C(C)C2CCOC2)C1=O. The monoisotopic (exact) mass is 254 g/mol. The Balaban J connectivity index is 2.16. The second kappa shape index (κ2) is 5.06. The lowest BCUT2D eigenvalue weighted by atomic mass is 9.95. The Labute approximate surface area is 106 Å². The summed E-state index contributed by atoms with van der Waals surface area (Å²) in [6.07, 6.45) is 1.24. The zero-order valence-corrected chi connectivity index (χ0v) is 10.6. The molecule has 6 nitrogen and oxygen atoms in total. The van der Waals surface area contributed by atoms with Gasteiger partial charge in [0.1, 0.15) is 5.92 Å². The highest BCUT2D eigenvalue weighted by Gasteiger charge is 2.43. The topological polar surface area (TPSA) is 75.7 Å². The molecule has 2 aliphatic rings. The molecule has 2 fully saturated rings. The van der Waals surface area contributed by atoms with Crippen LogP contribution < -0.4 is 5.32 Å². The lowest BCUT2D eigenvalue weighted by molar-refractivity contribution is -0.144. The molecule has 1 N–H and O–H groups in total. The number of ether oxygens (including phenoxy) is 1. The minimum absolute atomic E-state index is 0.158. The van der Waals surface area contributed by atoms with Gasteiger partial charge in [-0.3, -0.25) is 19.8 Å². The molecule has 3 unspecified atom stereocenters. The summed E-state index contributed by atoms with van der Waals surface area (Å²) in [7, 11) is 0. The number of hydrogen-bond donors (Lipinski definition) is 1. The van der Waals surface area contributed by atoms with Crippen LogP contribution in [0.1, 0.15) is 26.7 Å². The van der Waals surface area contributed by atoms with Crippen LogP contribution in [0.2, 0.25) is 0 Å². The normalized spacial score (nSPS) is 30.6. The van der Waals surface area contributed by atoms with Gasteiger partial charge in [0.25, 0.3) is 0 Å². The van der Waals surface area contributed by atoms with Gasteiger partial charge in [0.05, 0.1) is 6.61 Å². The van der Waals surface area contributed by atoms with Gasteiger partial charge in [0, 0.05) is 18.6 Å². The van der Waals surface area contributed by atoms with Gasteiger partial charge in [-0.1, -0.05) is 6.92 Å². The van der Waals surface area contributed by atoms with E-state index in [-0.39, 0.29) is 17.9 Å². The average molecular weight is 254 g/mol. The smallest absolute Gasteiger partial charge is 0.331 e. The van der Waals surface area contributed by atoms with Crippen LogP contribution in [0.25, 0.3) is 0 Å². The lowest BCUT2D eigenvalue weighted by Crippen LogP contribution is -2.61. The zero-order valence-electron chi connectivity index (χ0n) is 10.6. The summed E-state index contributed by atoms with van der Waals surface area (Å²) in [6, 6.07) is -0.837. The van der Waals surface area contributed by atoms with Gasteiger partial charge < -0.3 is 4.74 Å². The number of hydrogen-bond acceptors (Lipinski definition) is 4. The quantitative estimate of drug-likeness (QED) is 0.745. The molecule has 18 heavy (non-hydrogen) atoms. The molecule has 0 aliphatic carbocycles. The maximum atomic E-state index is 12.2. The maximum absolute atomic E-state index is 12.2. The fourth-order valence-electron chi connectivity index (χ4n) is 2.52. The summed E-state index contributed by atoms with van der Waals surface area (Å²) >= 11 is 0. The van der Waals surface area contributed by atoms with E-state index in [1.54, 1.807) is 6.92 Å². The van der Waals surface area contributed by atoms with Gasteiger partial charge in [0.2, 0.25) is 11.8 Å². The van der Waals surface area contributed by atoms with Crippen molar-refractivity contribution in [1.29, 1.82) is 0 Å². The first kappa shape index (κ1) is 13.0. The summed E-state index contributed by atoms with van der Waals surface area (Å²) in [5.74, 6) is -1.46. The van der Waals surface area contributed by atoms with Crippen molar-refractivity contribution in [3.8, 4) is 0 Å². The molecule has 2 rings (SSSR count). The largest absolute Gasteiger partial charge is 0.381 e. The highest BCUT2D eigenvalue weighted by molar-refractivity contribution is 6.16. The Morgan fingerprint density at radius 3 is 2.72 bits per heavy atom. The van der Waals surface area contributed by atoms with E-state index in [2.05, 4.69) is 5.32 Å². The van der Waals surface area contributed by atoms with E-state index in [9.17, 15) is 14.4 Å². The molecular weight excluding hydrogens is 236 g/mol. The van der Waals surface area contributed by atoms with Crippen molar-refractivity contribution in [1.82, 2.24) is 10.2 Å². The van der Waals surface area contributed by atoms with Crippen LogP contribution in [0.15, 0.2) is 0 Å². The third kappa shape index (κ3) is 2.12. The van der Waals surface area contributed by atoms with Gasteiger partial charge in [0.15, 0.2) is 0 Å². The Morgan fingerprint density at radius 2 is 2.17 bits per heavy atom. The molecule has 0 radical (unpaired) electrons. The average Bonchev–Trinajstić information content (AvgIpc) is 2.81. The first-order valence-electron chi connectivity index (χ1n) is 6.32. The highest BCUT2D eigenvalue weighted by Crippen LogP contribution is 2.25. The molecule has 100 valence electrons. The summed E-state index contributed by atoms with van der Waals surface area (Å²) in [4.78, 5) is 36.7. The second-order valence-electron chi connectivity index (χ2n) is 4.83. The lowest BCUT2D eigenvalue weighted by Gasteiger charge is -2.36. The molecule has 0 saturated carbocycles. The zero-order chi connectivity index (χ0) is 13.3. The number of carbonyl (C=O) groups is 3. The predicted molar refractivity (Wildman–Crippen MR) is 62.6 cm³/mol. The fourth-order valence-corrected chi connectivity index (χ4v) is 2.52. The Bertz CT molecular complexity index is 376. The first-order chi connectivity index (χ1) is 8.56. The van der Waals surface area contributed by atoms with E-state index >= 15 is 0 Å². The van der Waals surface area contributed by atoms with Gasteiger partial charge in [-0.2, -0.15) is 0 Å². The van der Waals surface area contributed by atoms with E-state index in [4.69, 9.17) is 4.74 Å². The van der Waals surface area contributed by atoms with Crippen molar-refractivity contribution in [3.63, 3.8) is 0 Å². The van der Waals surface area contributed by atoms with Crippen LogP contribution in [0.3, 0.4) is 0 Å². The van der Waals surface area contributed by atoms with Crippen LogP contribution in [0, 0.1) is 11.8 Å². The van der Waals surface area contributed by atoms with Gasteiger partial charge in [-0.15, -0.1) is 0 Å². The summed E-state index contributed by atoms with van der Waals surface area (Å²) in [6.45, 7) is 4.82. The van der Waals surface area contributed by atoms with Crippen molar-refractivity contribution in [2.24, 2.45) is 11.8 Å². The summed E-state index contributed by atoms with van der Waals surface area (Å²) in [5.41, 5.74) is 0. The molecule has 0 spiro atoms. The van der Waals surface area contributed by atoms with Crippen molar-refractivity contribution < 1.29 is 19.1 Å². The molecule has 0 aromatic heterocycles. The minimum atomic E-state index is -0.743. The molecular formula is C12H18N2O4. The van der Waals surface area contributed by atoms with E-state index < -0.39 is 17.9 Å². The standard InChI is InChI=1S/C12H18N2O4/c1-3-9-10(15)13-12(17)14(11(9)16)7(2)8-4-5-18-6-8/h7-9H,3-6H2,1-2H3,(H,13,15,17). The Kier molecular flexibility index (Phi) is 3.65. The third-order valence-electron chi connectivity index (χ3n) is 3.76. The van der Waals surface area contributed by atoms with Crippen LogP contribution in [0.5, 0.6) is 0 Å². The molecule has 2 saturated heterocycles. The number of nitrogens with one attached hydrogen (secondary N) is 1. The predicted octanol–water partition coefficient (Wildman–Crippen LogP) is 0.516.